The van der Waals surface area contributed by atoms with Crippen LogP contribution in [0.15, 0.2) is 36.7 Å². The van der Waals surface area contributed by atoms with Gasteiger partial charge >= 0.3 is 6.18 Å². The first-order valence-corrected chi connectivity index (χ1v) is 8.72. The van der Waals surface area contributed by atoms with Crippen LogP contribution in [0.1, 0.15) is 11.3 Å². The molecule has 1 aromatic carbocycles. The van der Waals surface area contributed by atoms with E-state index < -0.39 is 11.9 Å². The van der Waals surface area contributed by atoms with E-state index in [0.29, 0.717) is 23.3 Å². The first-order chi connectivity index (χ1) is 13.2. The summed E-state index contributed by atoms with van der Waals surface area (Å²) in [6.07, 6.45) is -2.04. The Labute approximate surface area is 166 Å². The lowest BCUT2D eigenvalue weighted by Gasteiger charge is -2.07. The standard InChI is InChI=1S/C17H11Cl2F3N6/c1-27-8-12(17(20,21)22)25-13(27)10-4-2-9(3-5-10)7-28-14-11(24-16(28)19)6-23-15(18)26-14/h2-6,8H,7H2,1H3. The average Bonchev–Trinajstić information content (AvgIpc) is 3.16. The number of imidazole rings is 2. The highest BCUT2D eigenvalue weighted by atomic mass is 35.5. The molecule has 4 aromatic rings. The largest absolute Gasteiger partial charge is 0.434 e. The number of aromatic nitrogens is 6. The van der Waals surface area contributed by atoms with Gasteiger partial charge < -0.3 is 4.57 Å². The Bertz CT molecular complexity index is 1160. The summed E-state index contributed by atoms with van der Waals surface area (Å²) in [6.45, 7) is 0.358. The van der Waals surface area contributed by atoms with Crippen LogP contribution < -0.4 is 0 Å². The van der Waals surface area contributed by atoms with Gasteiger partial charge in [-0.25, -0.2) is 15.0 Å². The number of fused-ring (bicyclic) bond motifs is 1. The molecule has 0 atom stereocenters. The van der Waals surface area contributed by atoms with Crippen molar-refractivity contribution in [3.8, 4) is 11.4 Å². The monoisotopic (exact) mass is 426 g/mol. The van der Waals surface area contributed by atoms with Gasteiger partial charge in [-0.3, -0.25) is 4.57 Å². The van der Waals surface area contributed by atoms with E-state index in [9.17, 15) is 13.2 Å². The Morgan fingerprint density at radius 2 is 1.75 bits per heavy atom. The van der Waals surface area contributed by atoms with Gasteiger partial charge in [0.25, 0.3) is 0 Å². The van der Waals surface area contributed by atoms with Crippen LogP contribution >= 0.6 is 23.2 Å². The van der Waals surface area contributed by atoms with Crippen molar-refractivity contribution in [1.82, 2.24) is 29.1 Å². The topological polar surface area (TPSA) is 61.4 Å². The molecule has 28 heavy (non-hydrogen) atoms. The number of alkyl halides is 3. The SMILES string of the molecule is Cn1cc(C(F)(F)F)nc1-c1ccc(Cn2c(Cl)nc3cnc(Cl)nc32)cc1. The molecule has 0 fully saturated rings. The molecule has 0 amide bonds. The van der Waals surface area contributed by atoms with Crippen molar-refractivity contribution in [2.45, 2.75) is 12.7 Å². The van der Waals surface area contributed by atoms with E-state index in [-0.39, 0.29) is 16.4 Å². The maximum Gasteiger partial charge on any atom is 0.434 e. The predicted octanol–water partition coefficient (Wildman–Crippen LogP) is 4.60. The van der Waals surface area contributed by atoms with Gasteiger partial charge in [-0.05, 0) is 28.8 Å². The van der Waals surface area contributed by atoms with Crippen molar-refractivity contribution in [2.24, 2.45) is 7.05 Å². The minimum absolute atomic E-state index is 0.0796. The lowest BCUT2D eigenvalue weighted by atomic mass is 10.1. The quantitative estimate of drug-likeness (QED) is 0.354. The van der Waals surface area contributed by atoms with Crippen molar-refractivity contribution < 1.29 is 13.2 Å². The molecule has 0 unspecified atom stereocenters. The summed E-state index contributed by atoms with van der Waals surface area (Å²) < 4.78 is 41.6. The number of nitrogens with zero attached hydrogens (tertiary/aromatic N) is 6. The van der Waals surface area contributed by atoms with Gasteiger partial charge in [0.05, 0.1) is 12.7 Å². The van der Waals surface area contributed by atoms with Gasteiger partial charge in [0.15, 0.2) is 11.3 Å². The summed E-state index contributed by atoms with van der Waals surface area (Å²) in [5.41, 5.74) is 1.49. The molecule has 0 spiro atoms. The molecule has 3 heterocycles. The third-order valence-corrected chi connectivity index (χ3v) is 4.60. The normalized spacial score (nSPS) is 12.1. The second-order valence-corrected chi connectivity index (χ2v) is 6.75. The number of hydrogen-bond acceptors (Lipinski definition) is 4. The van der Waals surface area contributed by atoms with Crippen LogP contribution in [0.3, 0.4) is 0 Å². The lowest BCUT2D eigenvalue weighted by molar-refractivity contribution is -0.140. The van der Waals surface area contributed by atoms with Crippen molar-refractivity contribution >= 4 is 34.4 Å². The highest BCUT2D eigenvalue weighted by Crippen LogP contribution is 2.30. The molecule has 0 N–H and O–H groups in total. The number of aryl methyl sites for hydroxylation is 1. The summed E-state index contributed by atoms with van der Waals surface area (Å²) in [7, 11) is 1.52. The van der Waals surface area contributed by atoms with Crippen LogP contribution in [0.2, 0.25) is 10.6 Å². The predicted molar refractivity (Wildman–Crippen MR) is 98.1 cm³/mol. The van der Waals surface area contributed by atoms with Crippen LogP contribution in [-0.4, -0.2) is 29.1 Å². The third kappa shape index (κ3) is 3.43. The molecule has 6 nitrogen and oxygen atoms in total. The van der Waals surface area contributed by atoms with Gasteiger partial charge in [0.1, 0.15) is 11.3 Å². The van der Waals surface area contributed by atoms with E-state index >= 15 is 0 Å². The zero-order chi connectivity index (χ0) is 20.1. The average molecular weight is 427 g/mol. The number of halogens is 5. The fourth-order valence-electron chi connectivity index (χ4n) is 2.82. The molecule has 0 bridgehead atoms. The van der Waals surface area contributed by atoms with Gasteiger partial charge in [-0.15, -0.1) is 0 Å². The lowest BCUT2D eigenvalue weighted by Crippen LogP contribution is -2.04. The van der Waals surface area contributed by atoms with Crippen LogP contribution in [0.5, 0.6) is 0 Å². The molecule has 144 valence electrons. The highest BCUT2D eigenvalue weighted by Gasteiger charge is 2.34. The summed E-state index contributed by atoms with van der Waals surface area (Å²) in [5, 5.41) is 0.311. The first-order valence-electron chi connectivity index (χ1n) is 7.96. The Morgan fingerprint density at radius 1 is 1.04 bits per heavy atom. The molecule has 3 aromatic heterocycles. The fourth-order valence-corrected chi connectivity index (χ4v) is 3.18. The summed E-state index contributed by atoms with van der Waals surface area (Å²) in [4.78, 5) is 15.9. The maximum absolute atomic E-state index is 12.8. The zero-order valence-electron chi connectivity index (χ0n) is 14.2. The molecule has 0 saturated carbocycles. The van der Waals surface area contributed by atoms with Gasteiger partial charge in [-0.2, -0.15) is 18.2 Å². The maximum atomic E-state index is 12.8. The first kappa shape index (κ1) is 18.7. The third-order valence-electron chi connectivity index (χ3n) is 4.13. The molecule has 4 rings (SSSR count). The second kappa shape index (κ2) is 6.75. The van der Waals surface area contributed by atoms with E-state index in [1.807, 2.05) is 0 Å². The number of rotatable bonds is 3. The van der Waals surface area contributed by atoms with Gasteiger partial charge in [0, 0.05) is 18.8 Å². The summed E-state index contributed by atoms with van der Waals surface area (Å²) in [6, 6.07) is 6.96. The molecule has 0 aliphatic carbocycles. The molecule has 0 radical (unpaired) electrons. The van der Waals surface area contributed by atoms with Gasteiger partial charge in [-0.1, -0.05) is 24.3 Å². The summed E-state index contributed by atoms with van der Waals surface area (Å²) >= 11 is 12.0. The van der Waals surface area contributed by atoms with E-state index in [2.05, 4.69) is 19.9 Å². The van der Waals surface area contributed by atoms with Crippen LogP contribution in [0.25, 0.3) is 22.6 Å². The molecule has 0 saturated heterocycles. The van der Waals surface area contributed by atoms with E-state index in [1.165, 1.54) is 17.8 Å². The van der Waals surface area contributed by atoms with E-state index in [1.54, 1.807) is 28.8 Å². The Morgan fingerprint density at radius 3 is 2.39 bits per heavy atom. The van der Waals surface area contributed by atoms with E-state index in [4.69, 9.17) is 23.2 Å². The highest BCUT2D eigenvalue weighted by molar-refractivity contribution is 6.29. The van der Waals surface area contributed by atoms with Crippen LogP contribution in [0.4, 0.5) is 13.2 Å². The zero-order valence-corrected chi connectivity index (χ0v) is 15.8. The van der Waals surface area contributed by atoms with Crippen molar-refractivity contribution in [3.63, 3.8) is 0 Å². The molecular formula is C17H11Cl2F3N6. The molecule has 11 heteroatoms. The number of hydrogen-bond donors (Lipinski definition) is 0. The van der Waals surface area contributed by atoms with Crippen molar-refractivity contribution in [3.05, 3.63) is 58.5 Å². The molecule has 0 aliphatic rings. The van der Waals surface area contributed by atoms with Gasteiger partial charge in [0.2, 0.25) is 10.6 Å². The van der Waals surface area contributed by atoms with Crippen LogP contribution in [0, 0.1) is 0 Å². The van der Waals surface area contributed by atoms with Crippen molar-refractivity contribution in [2.75, 3.05) is 0 Å². The Balaban J connectivity index is 1.64. The number of benzene rings is 1. The van der Waals surface area contributed by atoms with E-state index in [0.717, 1.165) is 11.8 Å². The second-order valence-electron chi connectivity index (χ2n) is 6.07. The fraction of sp³-hybridized carbons (Fsp3) is 0.176. The summed E-state index contributed by atoms with van der Waals surface area (Å²) in [5.74, 6) is 0.226. The minimum atomic E-state index is -4.49. The minimum Gasteiger partial charge on any atom is -0.333 e. The molecule has 0 aliphatic heterocycles. The molecular weight excluding hydrogens is 416 g/mol. The smallest absolute Gasteiger partial charge is 0.333 e. The van der Waals surface area contributed by atoms with Crippen LogP contribution in [-0.2, 0) is 19.8 Å². The Kier molecular flexibility index (Phi) is 4.51. The Hall–Kier alpha value is -2.65. The van der Waals surface area contributed by atoms with Crippen molar-refractivity contribution in [1.29, 1.82) is 0 Å².